The summed E-state index contributed by atoms with van der Waals surface area (Å²) in [5.41, 5.74) is 24.7. The first kappa shape index (κ1) is 44.2. The standard InChI is InChI=1S/C28H26.C16H20.C15H18/c1-4-21(3)23-17-18-24(19-23)26-10-6-8-12-28(26)27-11-7-5-9-25(27)22-15-13-20(2)14-16-22;1-3-8-14-10-5-7-12-16(14)15-11-6-4-9-13(15)2;1-5-9-12(3)14(6-2)15-11-8-7-10-13(15)4/h5-18,21H,4H2,1-3H3;4-6,9-11H,3,7-8,12H2,1-2H3;5-11H,2H2,1,3-4H3/b;;9-5-,14-12+. The van der Waals surface area contributed by atoms with Crippen LogP contribution in [0, 0.1) is 26.7 Å². The molecule has 0 N–H and O–H groups in total. The van der Waals surface area contributed by atoms with Gasteiger partial charge in [0.1, 0.15) is 0 Å². The van der Waals surface area contributed by atoms with E-state index in [-0.39, 0.29) is 0 Å². The molecule has 59 heavy (non-hydrogen) atoms. The molecule has 2 aliphatic carbocycles. The summed E-state index contributed by atoms with van der Waals surface area (Å²) in [6.45, 7) is 21.3. The molecule has 1 atom stereocenters. The lowest BCUT2D eigenvalue weighted by molar-refractivity contribution is 0.673. The molecule has 0 heterocycles. The van der Waals surface area contributed by atoms with E-state index in [1.54, 1.807) is 11.1 Å². The summed E-state index contributed by atoms with van der Waals surface area (Å²) < 4.78 is 0. The van der Waals surface area contributed by atoms with Crippen molar-refractivity contribution in [2.24, 2.45) is 5.92 Å². The lowest BCUT2D eigenvalue weighted by Gasteiger charge is -2.17. The van der Waals surface area contributed by atoms with E-state index >= 15 is 0 Å². The molecule has 0 aliphatic heterocycles. The summed E-state index contributed by atoms with van der Waals surface area (Å²) >= 11 is 0. The number of benzene rings is 5. The van der Waals surface area contributed by atoms with Gasteiger partial charge in [-0.05, 0) is 156 Å². The van der Waals surface area contributed by atoms with Crippen LogP contribution in [-0.4, -0.2) is 0 Å². The maximum atomic E-state index is 3.89. The fourth-order valence-corrected chi connectivity index (χ4v) is 7.87. The van der Waals surface area contributed by atoms with Gasteiger partial charge in [-0.25, -0.2) is 0 Å². The van der Waals surface area contributed by atoms with Gasteiger partial charge in [-0.1, -0.05) is 191 Å². The maximum absolute atomic E-state index is 3.89. The number of hydrogen-bond donors (Lipinski definition) is 0. The van der Waals surface area contributed by atoms with Crippen LogP contribution < -0.4 is 0 Å². The second-order valence-electron chi connectivity index (χ2n) is 15.7. The monoisotopic (exact) mass is 773 g/mol. The SMILES string of the molecule is C=C/C(=C(C)\C=C/C)c1ccccc1C.CCC(C)C1=C=C(c2ccccc2-c2ccccc2-c2ccc(C)cc2)C=C1.CCCC1=C(c2ccccc2C)CCC=C1. The fraction of sp³-hybridized carbons (Fsp3) is 0.237. The highest BCUT2D eigenvalue weighted by Gasteiger charge is 2.16. The number of rotatable bonds is 11. The molecule has 0 nitrogen and oxygen atoms in total. The van der Waals surface area contributed by atoms with Crippen molar-refractivity contribution in [3.63, 3.8) is 0 Å². The molecule has 0 amide bonds. The van der Waals surface area contributed by atoms with Crippen LogP contribution in [-0.2, 0) is 0 Å². The van der Waals surface area contributed by atoms with Crippen LogP contribution in [0.4, 0.5) is 0 Å². The summed E-state index contributed by atoms with van der Waals surface area (Å²) in [7, 11) is 0. The van der Waals surface area contributed by atoms with Gasteiger partial charge in [0, 0.05) is 5.57 Å². The van der Waals surface area contributed by atoms with Gasteiger partial charge in [0.05, 0.1) is 0 Å². The van der Waals surface area contributed by atoms with E-state index in [0.717, 1.165) is 6.42 Å². The molecule has 0 heteroatoms. The van der Waals surface area contributed by atoms with E-state index in [9.17, 15) is 0 Å². The molecule has 0 saturated heterocycles. The van der Waals surface area contributed by atoms with Gasteiger partial charge >= 0.3 is 0 Å². The van der Waals surface area contributed by atoms with Crippen molar-refractivity contribution in [3.8, 4) is 22.3 Å². The van der Waals surface area contributed by atoms with Gasteiger partial charge in [0.2, 0.25) is 0 Å². The molecule has 0 aromatic heterocycles. The van der Waals surface area contributed by atoms with Crippen LogP contribution in [0.25, 0.3) is 39.0 Å². The van der Waals surface area contributed by atoms with Gasteiger partial charge in [-0.2, -0.15) is 0 Å². The van der Waals surface area contributed by atoms with Gasteiger partial charge < -0.3 is 0 Å². The van der Waals surface area contributed by atoms with Crippen molar-refractivity contribution >= 4 is 16.7 Å². The minimum Gasteiger partial charge on any atom is -0.108 e. The first-order chi connectivity index (χ1) is 28.7. The van der Waals surface area contributed by atoms with Crippen LogP contribution >= 0.6 is 0 Å². The molecular formula is C59H64. The third-order valence-corrected chi connectivity index (χ3v) is 11.4. The Morgan fingerprint density at radius 1 is 0.695 bits per heavy atom. The summed E-state index contributed by atoms with van der Waals surface area (Å²) in [6, 6.07) is 43.3. The lowest BCUT2D eigenvalue weighted by atomic mass is 9.88. The molecule has 300 valence electrons. The molecule has 0 saturated carbocycles. The molecule has 2 aliphatic rings. The number of hydrogen-bond acceptors (Lipinski definition) is 0. The predicted octanol–water partition coefficient (Wildman–Crippen LogP) is 17.3. The molecule has 0 fully saturated rings. The van der Waals surface area contributed by atoms with E-state index in [4.69, 9.17) is 0 Å². The van der Waals surface area contributed by atoms with Crippen LogP contribution in [0.15, 0.2) is 193 Å². The van der Waals surface area contributed by atoms with Crippen molar-refractivity contribution in [3.05, 3.63) is 226 Å². The summed E-state index contributed by atoms with van der Waals surface area (Å²) in [6.07, 6.45) is 21.2. The molecular weight excluding hydrogens is 709 g/mol. The molecule has 0 radical (unpaired) electrons. The minimum atomic E-state index is 0.542. The Bertz CT molecular complexity index is 2420. The Morgan fingerprint density at radius 2 is 1.29 bits per heavy atom. The molecule has 5 aromatic carbocycles. The second kappa shape index (κ2) is 22.3. The Hall–Kier alpha value is -5.94. The highest BCUT2D eigenvalue weighted by Crippen LogP contribution is 2.38. The molecule has 1 unspecified atom stereocenters. The van der Waals surface area contributed by atoms with E-state index in [1.807, 2.05) is 13.0 Å². The zero-order chi connectivity index (χ0) is 42.1. The Kier molecular flexibility index (Phi) is 16.7. The van der Waals surface area contributed by atoms with E-state index in [1.165, 1.54) is 104 Å². The highest BCUT2D eigenvalue weighted by molar-refractivity contribution is 5.92. The molecule has 7 rings (SSSR count). The zero-order valence-electron chi connectivity index (χ0n) is 36.9. The van der Waals surface area contributed by atoms with Crippen LogP contribution in [0.2, 0.25) is 0 Å². The summed E-state index contributed by atoms with van der Waals surface area (Å²) in [5, 5.41) is 0. The van der Waals surface area contributed by atoms with Crippen molar-refractivity contribution in [2.45, 2.75) is 87.5 Å². The van der Waals surface area contributed by atoms with Gasteiger partial charge in [0.25, 0.3) is 0 Å². The largest absolute Gasteiger partial charge is 0.108 e. The third-order valence-electron chi connectivity index (χ3n) is 11.4. The van der Waals surface area contributed by atoms with E-state index in [2.05, 4.69) is 219 Å². The summed E-state index contributed by atoms with van der Waals surface area (Å²) in [5.74, 6) is 0.542. The quantitative estimate of drug-likeness (QED) is 0.0926. The normalized spacial score (nSPS) is 14.1. The van der Waals surface area contributed by atoms with Crippen molar-refractivity contribution in [1.82, 2.24) is 0 Å². The van der Waals surface area contributed by atoms with Crippen LogP contribution in [0.3, 0.4) is 0 Å². The van der Waals surface area contributed by atoms with Crippen molar-refractivity contribution in [2.75, 3.05) is 0 Å². The minimum absolute atomic E-state index is 0.542. The number of allylic oxidation sites excluding steroid dienone is 12. The van der Waals surface area contributed by atoms with Crippen LogP contribution in [0.5, 0.6) is 0 Å². The predicted molar refractivity (Wildman–Crippen MR) is 261 cm³/mol. The van der Waals surface area contributed by atoms with Crippen LogP contribution in [0.1, 0.15) is 100 Å². The lowest BCUT2D eigenvalue weighted by Crippen LogP contribution is -1.97. The average molecular weight is 773 g/mol. The third kappa shape index (κ3) is 11.6. The number of aryl methyl sites for hydroxylation is 3. The highest BCUT2D eigenvalue weighted by atomic mass is 14.2. The average Bonchev–Trinajstić information content (AvgIpc) is 3.76. The van der Waals surface area contributed by atoms with Gasteiger partial charge in [-0.15, -0.1) is 5.73 Å². The fourth-order valence-electron chi connectivity index (χ4n) is 7.87. The van der Waals surface area contributed by atoms with Gasteiger partial charge in [0.15, 0.2) is 0 Å². The maximum Gasteiger partial charge on any atom is 0.0246 e. The van der Waals surface area contributed by atoms with Crippen molar-refractivity contribution < 1.29 is 0 Å². The topological polar surface area (TPSA) is 0 Å². The molecule has 5 aromatic rings. The summed E-state index contributed by atoms with van der Waals surface area (Å²) in [4.78, 5) is 0. The zero-order valence-corrected chi connectivity index (χ0v) is 36.9. The van der Waals surface area contributed by atoms with Gasteiger partial charge in [-0.3, -0.25) is 0 Å². The first-order valence-electron chi connectivity index (χ1n) is 21.6. The Balaban J connectivity index is 0.000000182. The Morgan fingerprint density at radius 3 is 1.90 bits per heavy atom. The molecule has 0 bridgehead atoms. The molecule has 0 spiro atoms. The Labute approximate surface area is 357 Å². The van der Waals surface area contributed by atoms with Crippen molar-refractivity contribution in [1.29, 1.82) is 0 Å². The van der Waals surface area contributed by atoms with E-state index < -0.39 is 0 Å². The van der Waals surface area contributed by atoms with E-state index in [0.29, 0.717) is 5.92 Å². The smallest absolute Gasteiger partial charge is 0.0246 e. The second-order valence-corrected chi connectivity index (χ2v) is 15.7. The first-order valence-corrected chi connectivity index (χ1v) is 21.6.